The lowest BCUT2D eigenvalue weighted by Gasteiger charge is -2.08. The zero-order valence-electron chi connectivity index (χ0n) is 10.2. The van der Waals surface area contributed by atoms with Crippen LogP contribution < -0.4 is 9.88 Å². The molecule has 0 saturated carbocycles. The maximum Gasteiger partial charge on any atom is 0.273 e. The van der Waals surface area contributed by atoms with Crippen LogP contribution in [0, 0.1) is 0 Å². The lowest BCUT2D eigenvalue weighted by atomic mass is 10.2. The van der Waals surface area contributed by atoms with E-state index in [9.17, 15) is 8.42 Å². The molecule has 0 aliphatic heterocycles. The van der Waals surface area contributed by atoms with Gasteiger partial charge in [0.1, 0.15) is 5.75 Å². The van der Waals surface area contributed by atoms with Gasteiger partial charge in [0.2, 0.25) is 0 Å². The molecule has 0 radical (unpaired) electrons. The third kappa shape index (κ3) is 2.55. The van der Waals surface area contributed by atoms with Gasteiger partial charge in [-0.2, -0.15) is 0 Å². The molecule has 1 heterocycles. The number of sulfonamides is 1. The Balaban J connectivity index is 2.67. The van der Waals surface area contributed by atoms with Crippen LogP contribution in [-0.4, -0.2) is 30.3 Å². The molecule has 0 unspecified atom stereocenters. The van der Waals surface area contributed by atoms with Gasteiger partial charge in [0.15, 0.2) is 5.82 Å². The van der Waals surface area contributed by atoms with E-state index < -0.39 is 10.0 Å². The second kappa shape index (κ2) is 4.80. The molecule has 0 bridgehead atoms. The third-order valence-corrected chi connectivity index (χ3v) is 3.59. The number of nitrogens with zero attached hydrogens (tertiary/aromatic N) is 3. The maximum absolute atomic E-state index is 11.3. The van der Waals surface area contributed by atoms with Crippen molar-refractivity contribution < 1.29 is 13.2 Å². The standard InChI is InChI=1S/C10H11ClN4O3S/c1-15-9(13-14-10(15)19(12,16)17)7-5-6(11)3-4-8(7)18-2/h3-5H,1-2H3,(H2,12,16,17). The molecule has 1 aromatic carbocycles. The molecule has 7 nitrogen and oxygen atoms in total. The molecule has 19 heavy (non-hydrogen) atoms. The van der Waals surface area contributed by atoms with E-state index >= 15 is 0 Å². The third-order valence-electron chi connectivity index (χ3n) is 2.49. The zero-order valence-corrected chi connectivity index (χ0v) is 11.7. The number of primary sulfonamides is 1. The van der Waals surface area contributed by atoms with Crippen molar-refractivity contribution in [1.29, 1.82) is 0 Å². The Morgan fingerprint density at radius 3 is 2.58 bits per heavy atom. The van der Waals surface area contributed by atoms with Crippen LogP contribution in [0.1, 0.15) is 0 Å². The summed E-state index contributed by atoms with van der Waals surface area (Å²) in [5.41, 5.74) is 0.528. The second-order valence-electron chi connectivity index (χ2n) is 3.75. The SMILES string of the molecule is COc1ccc(Cl)cc1-c1nnc(S(N)(=O)=O)n1C. The lowest BCUT2D eigenvalue weighted by molar-refractivity contribution is 0.416. The summed E-state index contributed by atoms with van der Waals surface area (Å²) >= 11 is 5.92. The fourth-order valence-electron chi connectivity index (χ4n) is 1.65. The number of rotatable bonds is 3. The first kappa shape index (κ1) is 13.8. The maximum atomic E-state index is 11.3. The average molecular weight is 303 g/mol. The van der Waals surface area contributed by atoms with Crippen molar-refractivity contribution in [2.45, 2.75) is 5.16 Å². The number of methoxy groups -OCH3 is 1. The molecule has 0 atom stereocenters. The van der Waals surface area contributed by atoms with Gasteiger partial charge in [0.25, 0.3) is 15.2 Å². The summed E-state index contributed by atoms with van der Waals surface area (Å²) in [6, 6.07) is 4.92. The summed E-state index contributed by atoms with van der Waals surface area (Å²) in [6.07, 6.45) is 0. The average Bonchev–Trinajstić information content (AvgIpc) is 2.70. The summed E-state index contributed by atoms with van der Waals surface area (Å²) < 4.78 is 29.1. The van der Waals surface area contributed by atoms with Crippen molar-refractivity contribution in [1.82, 2.24) is 14.8 Å². The fourth-order valence-corrected chi connectivity index (χ4v) is 2.45. The Morgan fingerprint density at radius 1 is 1.37 bits per heavy atom. The topological polar surface area (TPSA) is 100 Å². The van der Waals surface area contributed by atoms with E-state index in [0.29, 0.717) is 22.2 Å². The molecule has 0 amide bonds. The number of hydrogen-bond donors (Lipinski definition) is 1. The Bertz CT molecular complexity index is 726. The molecule has 9 heteroatoms. The number of hydrogen-bond acceptors (Lipinski definition) is 5. The minimum atomic E-state index is -3.93. The van der Waals surface area contributed by atoms with Crippen LogP contribution in [0.5, 0.6) is 5.75 Å². The Morgan fingerprint density at radius 2 is 2.05 bits per heavy atom. The monoisotopic (exact) mass is 302 g/mol. The largest absolute Gasteiger partial charge is 0.496 e. The summed E-state index contributed by atoms with van der Waals surface area (Å²) in [7, 11) is -0.950. The number of nitrogens with two attached hydrogens (primary N) is 1. The Hall–Kier alpha value is -1.64. The minimum absolute atomic E-state index is 0.295. The molecular weight excluding hydrogens is 292 g/mol. The van der Waals surface area contributed by atoms with Gasteiger partial charge >= 0.3 is 0 Å². The molecule has 0 spiro atoms. The molecule has 2 rings (SSSR count). The van der Waals surface area contributed by atoms with E-state index in [-0.39, 0.29) is 5.16 Å². The fraction of sp³-hybridized carbons (Fsp3) is 0.200. The molecule has 2 aromatic rings. The van der Waals surface area contributed by atoms with Crippen LogP contribution in [0.2, 0.25) is 5.02 Å². The smallest absolute Gasteiger partial charge is 0.273 e. The molecule has 0 saturated heterocycles. The van der Waals surface area contributed by atoms with Crippen LogP contribution in [0.3, 0.4) is 0 Å². The molecule has 0 fully saturated rings. The van der Waals surface area contributed by atoms with Crippen LogP contribution in [0.25, 0.3) is 11.4 Å². The van der Waals surface area contributed by atoms with Gasteiger partial charge in [-0.1, -0.05) is 11.6 Å². The van der Waals surface area contributed by atoms with Gasteiger partial charge in [-0.3, -0.25) is 4.57 Å². The molecule has 1 aromatic heterocycles. The van der Waals surface area contributed by atoms with Crippen LogP contribution in [-0.2, 0) is 17.1 Å². The lowest BCUT2D eigenvalue weighted by Crippen LogP contribution is -2.17. The zero-order chi connectivity index (χ0) is 14.2. The van der Waals surface area contributed by atoms with E-state index in [1.807, 2.05) is 0 Å². The predicted molar refractivity (Wildman–Crippen MR) is 69.4 cm³/mol. The minimum Gasteiger partial charge on any atom is -0.496 e. The highest BCUT2D eigenvalue weighted by atomic mass is 35.5. The van der Waals surface area contributed by atoms with Crippen LogP contribution in [0.4, 0.5) is 0 Å². The Kier molecular flexibility index (Phi) is 3.48. The van der Waals surface area contributed by atoms with Gasteiger partial charge in [-0.15, -0.1) is 10.2 Å². The molecule has 0 aliphatic carbocycles. The summed E-state index contributed by atoms with van der Waals surface area (Å²) in [5, 5.41) is 12.6. The predicted octanol–water partition coefficient (Wildman–Crippen LogP) is 0.792. The Labute approximate surface area is 115 Å². The van der Waals surface area contributed by atoms with Gasteiger partial charge < -0.3 is 4.74 Å². The van der Waals surface area contributed by atoms with Crippen molar-refractivity contribution in [3.63, 3.8) is 0 Å². The highest BCUT2D eigenvalue weighted by Crippen LogP contribution is 2.31. The molecular formula is C10H11ClN4O3S. The first-order chi connectivity index (χ1) is 8.84. The number of aromatic nitrogens is 3. The first-order valence-electron chi connectivity index (χ1n) is 5.10. The van der Waals surface area contributed by atoms with Crippen LogP contribution >= 0.6 is 11.6 Å². The van der Waals surface area contributed by atoms with Crippen molar-refractivity contribution in [3.8, 4) is 17.1 Å². The van der Waals surface area contributed by atoms with Gasteiger partial charge in [0.05, 0.1) is 12.7 Å². The highest BCUT2D eigenvalue weighted by Gasteiger charge is 2.21. The van der Waals surface area contributed by atoms with Gasteiger partial charge in [-0.25, -0.2) is 13.6 Å². The van der Waals surface area contributed by atoms with E-state index in [1.165, 1.54) is 18.7 Å². The van der Waals surface area contributed by atoms with E-state index in [1.54, 1.807) is 18.2 Å². The first-order valence-corrected chi connectivity index (χ1v) is 7.03. The van der Waals surface area contributed by atoms with Gasteiger partial charge in [-0.05, 0) is 18.2 Å². The molecule has 0 aliphatic rings. The summed E-state index contributed by atoms with van der Waals surface area (Å²) in [5.74, 6) is 0.796. The molecule has 2 N–H and O–H groups in total. The molecule has 102 valence electrons. The quantitative estimate of drug-likeness (QED) is 0.903. The van der Waals surface area contributed by atoms with E-state index in [0.717, 1.165) is 0 Å². The van der Waals surface area contributed by atoms with Crippen LogP contribution in [0.15, 0.2) is 23.4 Å². The normalized spacial score (nSPS) is 11.6. The number of ether oxygens (including phenoxy) is 1. The summed E-state index contributed by atoms with van der Waals surface area (Å²) in [4.78, 5) is 0. The highest BCUT2D eigenvalue weighted by molar-refractivity contribution is 7.89. The van der Waals surface area contributed by atoms with Crippen molar-refractivity contribution in [2.75, 3.05) is 7.11 Å². The van der Waals surface area contributed by atoms with Crippen molar-refractivity contribution >= 4 is 21.6 Å². The second-order valence-corrected chi connectivity index (χ2v) is 5.65. The number of halogens is 1. The van der Waals surface area contributed by atoms with Crippen molar-refractivity contribution in [2.24, 2.45) is 12.2 Å². The number of benzene rings is 1. The van der Waals surface area contributed by atoms with Crippen molar-refractivity contribution in [3.05, 3.63) is 23.2 Å². The summed E-state index contributed by atoms with van der Waals surface area (Å²) in [6.45, 7) is 0. The van der Waals surface area contributed by atoms with E-state index in [2.05, 4.69) is 10.2 Å². The van der Waals surface area contributed by atoms with E-state index in [4.69, 9.17) is 21.5 Å². The van der Waals surface area contributed by atoms with Gasteiger partial charge in [0, 0.05) is 12.1 Å².